The van der Waals surface area contributed by atoms with E-state index in [0.717, 1.165) is 5.56 Å². The van der Waals surface area contributed by atoms with E-state index in [1.54, 1.807) is 0 Å². The summed E-state index contributed by atoms with van der Waals surface area (Å²) in [6, 6.07) is 7.39. The van der Waals surface area contributed by atoms with E-state index in [-0.39, 0.29) is 6.04 Å². The van der Waals surface area contributed by atoms with Crippen LogP contribution < -0.4 is 9.67 Å². The SMILES string of the molecule is ClNC[C@@H](NCl)c1ccccc1Cl. The summed E-state index contributed by atoms with van der Waals surface area (Å²) in [4.78, 5) is 5.11. The summed E-state index contributed by atoms with van der Waals surface area (Å²) >= 11 is 16.9. The van der Waals surface area contributed by atoms with Crippen LogP contribution in [0.25, 0.3) is 0 Å². The van der Waals surface area contributed by atoms with Crippen molar-refractivity contribution in [3.05, 3.63) is 34.9 Å². The number of hydrogen-bond donors (Lipinski definition) is 2. The minimum absolute atomic E-state index is 0.0899. The summed E-state index contributed by atoms with van der Waals surface area (Å²) in [5.74, 6) is 0. The Hall–Kier alpha value is 0.01000. The molecule has 0 aromatic heterocycles. The molecule has 72 valence electrons. The lowest BCUT2D eigenvalue weighted by Crippen LogP contribution is -2.22. The summed E-state index contributed by atoms with van der Waals surface area (Å²) in [6.45, 7) is 0.509. The molecule has 2 nitrogen and oxygen atoms in total. The van der Waals surface area contributed by atoms with Gasteiger partial charge in [0.1, 0.15) is 0 Å². The molecule has 1 aromatic rings. The average Bonchev–Trinajstić information content (AvgIpc) is 2.16. The van der Waals surface area contributed by atoms with Gasteiger partial charge in [-0.15, -0.1) is 0 Å². The summed E-state index contributed by atoms with van der Waals surface area (Å²) in [6.07, 6.45) is 0. The summed E-state index contributed by atoms with van der Waals surface area (Å²) in [5, 5.41) is 0.674. The largest absolute Gasteiger partial charge is 0.232 e. The van der Waals surface area contributed by atoms with Crippen LogP contribution in [0, 0.1) is 0 Å². The lowest BCUT2D eigenvalue weighted by Gasteiger charge is -2.14. The molecule has 0 aliphatic rings. The number of halogens is 3. The van der Waals surface area contributed by atoms with Crippen molar-refractivity contribution >= 4 is 35.2 Å². The van der Waals surface area contributed by atoms with Gasteiger partial charge in [0.05, 0.1) is 6.04 Å². The zero-order valence-corrected chi connectivity index (χ0v) is 9.00. The molecule has 0 spiro atoms. The third-order valence-corrected chi connectivity index (χ3v) is 2.46. The molecule has 1 aromatic carbocycles. The Balaban J connectivity index is 2.84. The maximum absolute atomic E-state index is 5.96. The van der Waals surface area contributed by atoms with Crippen LogP contribution in [-0.4, -0.2) is 6.54 Å². The fourth-order valence-corrected chi connectivity index (χ4v) is 1.66. The highest BCUT2D eigenvalue weighted by Crippen LogP contribution is 2.22. The van der Waals surface area contributed by atoms with Crippen molar-refractivity contribution < 1.29 is 0 Å². The Morgan fingerprint density at radius 3 is 2.46 bits per heavy atom. The van der Waals surface area contributed by atoms with Crippen molar-refractivity contribution in [2.24, 2.45) is 0 Å². The van der Waals surface area contributed by atoms with Crippen LogP contribution in [0.5, 0.6) is 0 Å². The average molecular weight is 240 g/mol. The second-order valence-electron chi connectivity index (χ2n) is 2.52. The van der Waals surface area contributed by atoms with Crippen LogP contribution in [0.3, 0.4) is 0 Å². The Morgan fingerprint density at radius 2 is 1.92 bits per heavy atom. The molecule has 2 N–H and O–H groups in total. The van der Waals surface area contributed by atoms with Crippen LogP contribution in [-0.2, 0) is 0 Å². The van der Waals surface area contributed by atoms with Crippen LogP contribution in [0.1, 0.15) is 11.6 Å². The molecule has 0 fully saturated rings. The molecule has 1 rings (SSSR count). The van der Waals surface area contributed by atoms with Crippen molar-refractivity contribution in [2.75, 3.05) is 6.54 Å². The van der Waals surface area contributed by atoms with Crippen molar-refractivity contribution in [3.63, 3.8) is 0 Å². The van der Waals surface area contributed by atoms with Gasteiger partial charge in [0.15, 0.2) is 0 Å². The van der Waals surface area contributed by atoms with E-state index >= 15 is 0 Å². The van der Waals surface area contributed by atoms with Gasteiger partial charge in [-0.05, 0) is 35.2 Å². The fourth-order valence-electron chi connectivity index (χ4n) is 1.04. The minimum Gasteiger partial charge on any atom is -0.232 e. The molecule has 0 radical (unpaired) electrons. The first kappa shape index (κ1) is 11.1. The standard InChI is InChI=1S/C8H9Cl3N2/c9-7-4-2-1-3-6(7)8(13-11)5-12-10/h1-4,8,12-13H,5H2/t8-/m1/s1. The highest BCUT2D eigenvalue weighted by atomic mass is 35.5. The third-order valence-electron chi connectivity index (χ3n) is 1.69. The fraction of sp³-hybridized carbons (Fsp3) is 0.250. The van der Waals surface area contributed by atoms with Gasteiger partial charge in [-0.1, -0.05) is 29.8 Å². The summed E-state index contributed by atoms with van der Waals surface area (Å²) < 4.78 is 0. The predicted molar refractivity (Wildman–Crippen MR) is 57.0 cm³/mol. The highest BCUT2D eigenvalue weighted by Gasteiger charge is 2.11. The smallest absolute Gasteiger partial charge is 0.0622 e. The van der Waals surface area contributed by atoms with E-state index in [4.69, 9.17) is 35.2 Å². The van der Waals surface area contributed by atoms with Crippen LogP contribution in [0.4, 0.5) is 0 Å². The minimum atomic E-state index is -0.0899. The van der Waals surface area contributed by atoms with Crippen LogP contribution in [0.2, 0.25) is 5.02 Å². The molecule has 0 aliphatic carbocycles. The molecule has 1 atom stereocenters. The molecule has 0 saturated carbocycles. The number of benzene rings is 1. The Labute approximate surface area is 92.4 Å². The molecule has 13 heavy (non-hydrogen) atoms. The Morgan fingerprint density at radius 1 is 1.23 bits per heavy atom. The second kappa shape index (κ2) is 5.68. The van der Waals surface area contributed by atoms with Crippen LogP contribution >= 0.6 is 35.2 Å². The van der Waals surface area contributed by atoms with Crippen molar-refractivity contribution in [1.29, 1.82) is 0 Å². The lowest BCUT2D eigenvalue weighted by molar-refractivity contribution is 0.654. The van der Waals surface area contributed by atoms with E-state index < -0.39 is 0 Å². The molecule has 0 heterocycles. The molecule has 0 saturated heterocycles. The monoisotopic (exact) mass is 238 g/mol. The van der Waals surface area contributed by atoms with Gasteiger partial charge in [0.2, 0.25) is 0 Å². The van der Waals surface area contributed by atoms with Gasteiger partial charge in [-0.3, -0.25) is 0 Å². The normalized spacial score (nSPS) is 12.8. The number of hydrogen-bond acceptors (Lipinski definition) is 2. The van der Waals surface area contributed by atoms with Crippen molar-refractivity contribution in [2.45, 2.75) is 6.04 Å². The van der Waals surface area contributed by atoms with Gasteiger partial charge in [0.25, 0.3) is 0 Å². The first-order valence-corrected chi connectivity index (χ1v) is 4.87. The van der Waals surface area contributed by atoms with Gasteiger partial charge in [-0.25, -0.2) is 9.67 Å². The summed E-state index contributed by atoms with van der Waals surface area (Å²) in [5.41, 5.74) is 0.923. The maximum Gasteiger partial charge on any atom is 0.0622 e. The molecule has 0 amide bonds. The second-order valence-corrected chi connectivity index (χ2v) is 3.41. The highest BCUT2D eigenvalue weighted by molar-refractivity contribution is 6.31. The van der Waals surface area contributed by atoms with E-state index in [1.807, 2.05) is 24.3 Å². The molecule has 0 bridgehead atoms. The van der Waals surface area contributed by atoms with E-state index in [1.165, 1.54) is 0 Å². The molecule has 0 unspecified atom stereocenters. The van der Waals surface area contributed by atoms with E-state index in [0.29, 0.717) is 11.6 Å². The number of nitrogens with one attached hydrogen (secondary N) is 2. The Bertz CT molecular complexity index is 267. The number of rotatable bonds is 4. The first-order valence-electron chi connectivity index (χ1n) is 3.73. The quantitative estimate of drug-likeness (QED) is 0.790. The van der Waals surface area contributed by atoms with Gasteiger partial charge < -0.3 is 0 Å². The molecule has 5 heteroatoms. The van der Waals surface area contributed by atoms with Gasteiger partial charge in [-0.2, -0.15) is 0 Å². The van der Waals surface area contributed by atoms with E-state index in [9.17, 15) is 0 Å². The van der Waals surface area contributed by atoms with Crippen molar-refractivity contribution in [1.82, 2.24) is 9.67 Å². The Kier molecular flexibility index (Phi) is 4.84. The van der Waals surface area contributed by atoms with E-state index in [2.05, 4.69) is 9.67 Å². The van der Waals surface area contributed by atoms with Crippen molar-refractivity contribution in [3.8, 4) is 0 Å². The van der Waals surface area contributed by atoms with Gasteiger partial charge >= 0.3 is 0 Å². The zero-order valence-electron chi connectivity index (χ0n) is 6.73. The third kappa shape index (κ3) is 3.01. The maximum atomic E-state index is 5.96. The topological polar surface area (TPSA) is 24.1 Å². The molecular weight excluding hydrogens is 230 g/mol. The van der Waals surface area contributed by atoms with Crippen LogP contribution in [0.15, 0.2) is 24.3 Å². The lowest BCUT2D eigenvalue weighted by atomic mass is 10.1. The first-order chi connectivity index (χ1) is 6.29. The molecular formula is C8H9Cl3N2. The summed E-state index contributed by atoms with van der Waals surface area (Å²) in [7, 11) is 0. The molecule has 0 aliphatic heterocycles. The predicted octanol–water partition coefficient (Wildman–Crippen LogP) is 2.87. The van der Waals surface area contributed by atoms with Gasteiger partial charge in [0, 0.05) is 11.6 Å². The zero-order chi connectivity index (χ0) is 9.68.